The van der Waals surface area contributed by atoms with Gasteiger partial charge in [-0.3, -0.25) is 0 Å². The van der Waals surface area contributed by atoms with Crippen molar-refractivity contribution < 1.29 is 4.84 Å². The van der Waals surface area contributed by atoms with Crippen molar-refractivity contribution in [3.05, 3.63) is 0 Å². The third-order valence-corrected chi connectivity index (χ3v) is 0.905. The largest absolute Gasteiger partial charge is 0.395 e. The molecular formula is C8H13NO. The van der Waals surface area contributed by atoms with Crippen LogP contribution in [0.5, 0.6) is 0 Å². The highest BCUT2D eigenvalue weighted by atomic mass is 16.6. The van der Waals surface area contributed by atoms with Gasteiger partial charge in [0.05, 0.1) is 0 Å². The van der Waals surface area contributed by atoms with Crippen LogP contribution in [-0.2, 0) is 4.84 Å². The Hall–Kier alpha value is -0.970. The minimum Gasteiger partial charge on any atom is -0.395 e. The molecule has 0 unspecified atom stereocenters. The van der Waals surface area contributed by atoms with E-state index in [1.807, 2.05) is 0 Å². The predicted octanol–water partition coefficient (Wildman–Crippen LogP) is 1.81. The Labute approximate surface area is 62.3 Å². The molecule has 0 aliphatic heterocycles. The van der Waals surface area contributed by atoms with Gasteiger partial charge in [-0.25, -0.2) is 0 Å². The van der Waals surface area contributed by atoms with Gasteiger partial charge in [-0.05, 0) is 6.42 Å². The summed E-state index contributed by atoms with van der Waals surface area (Å²) in [6.45, 7) is 2.62. The Morgan fingerprint density at radius 2 is 2.50 bits per heavy atom. The second-order valence-corrected chi connectivity index (χ2v) is 1.86. The molecular weight excluding hydrogens is 126 g/mol. The smallest absolute Gasteiger partial charge is 0.128 e. The lowest BCUT2D eigenvalue weighted by molar-refractivity contribution is 0.151. The number of hydrogen-bond donors (Lipinski definition) is 0. The van der Waals surface area contributed by atoms with E-state index in [1.165, 1.54) is 0 Å². The van der Waals surface area contributed by atoms with Crippen molar-refractivity contribution in [1.82, 2.24) is 0 Å². The molecule has 0 N–H and O–H groups in total. The van der Waals surface area contributed by atoms with Crippen LogP contribution in [0.2, 0.25) is 0 Å². The lowest BCUT2D eigenvalue weighted by Gasteiger charge is -1.91. The molecule has 0 rings (SSSR count). The Morgan fingerprint density at radius 1 is 1.70 bits per heavy atom. The molecule has 0 bridgehead atoms. The second kappa shape index (κ2) is 8.03. The monoisotopic (exact) mass is 139 g/mol. The number of oxime groups is 1. The topological polar surface area (TPSA) is 21.6 Å². The van der Waals surface area contributed by atoms with E-state index >= 15 is 0 Å². The molecule has 56 valence electrons. The van der Waals surface area contributed by atoms with E-state index in [0.29, 0.717) is 13.0 Å². The van der Waals surface area contributed by atoms with Crippen LogP contribution in [0.1, 0.15) is 26.2 Å². The molecule has 0 saturated carbocycles. The van der Waals surface area contributed by atoms with Crippen LogP contribution in [0.15, 0.2) is 5.16 Å². The van der Waals surface area contributed by atoms with Crippen molar-refractivity contribution in [1.29, 1.82) is 0 Å². The molecule has 0 aromatic carbocycles. The van der Waals surface area contributed by atoms with E-state index in [0.717, 1.165) is 12.8 Å². The summed E-state index contributed by atoms with van der Waals surface area (Å²) in [5, 5.41) is 3.68. The normalized spacial score (nSPS) is 9.60. The molecule has 0 aliphatic carbocycles. The van der Waals surface area contributed by atoms with Gasteiger partial charge < -0.3 is 4.84 Å². The first-order valence-electron chi connectivity index (χ1n) is 3.49. The van der Waals surface area contributed by atoms with Crippen molar-refractivity contribution in [3.8, 4) is 12.3 Å². The van der Waals surface area contributed by atoms with Crippen molar-refractivity contribution in [2.45, 2.75) is 26.2 Å². The summed E-state index contributed by atoms with van der Waals surface area (Å²) < 4.78 is 0. The first-order valence-corrected chi connectivity index (χ1v) is 3.49. The van der Waals surface area contributed by atoms with Crippen LogP contribution >= 0.6 is 0 Å². The van der Waals surface area contributed by atoms with E-state index in [1.54, 1.807) is 6.21 Å². The summed E-state index contributed by atoms with van der Waals surface area (Å²) in [4.78, 5) is 4.80. The Kier molecular flexibility index (Phi) is 7.25. The van der Waals surface area contributed by atoms with Gasteiger partial charge in [-0.1, -0.05) is 18.5 Å². The van der Waals surface area contributed by atoms with Crippen molar-refractivity contribution in [2.75, 3.05) is 6.61 Å². The number of unbranched alkanes of at least 4 members (excludes halogenated alkanes) is 1. The number of hydrogen-bond acceptors (Lipinski definition) is 2. The molecule has 0 atom stereocenters. The average molecular weight is 139 g/mol. The van der Waals surface area contributed by atoms with Gasteiger partial charge in [0.2, 0.25) is 0 Å². The minimum atomic E-state index is 0.525. The van der Waals surface area contributed by atoms with Gasteiger partial charge in [0.1, 0.15) is 6.61 Å². The van der Waals surface area contributed by atoms with Crippen LogP contribution in [-0.4, -0.2) is 12.8 Å². The molecule has 0 heterocycles. The van der Waals surface area contributed by atoms with Crippen LogP contribution < -0.4 is 0 Å². The van der Waals surface area contributed by atoms with E-state index < -0.39 is 0 Å². The summed E-state index contributed by atoms with van der Waals surface area (Å²) in [6.07, 6.45) is 9.44. The maximum absolute atomic E-state index is 4.99. The highest BCUT2D eigenvalue weighted by Gasteiger charge is 1.77. The Bertz CT molecular complexity index is 124. The number of rotatable bonds is 5. The van der Waals surface area contributed by atoms with Crippen LogP contribution in [0, 0.1) is 12.3 Å². The number of nitrogens with zero attached hydrogens (tertiary/aromatic N) is 1. The summed E-state index contributed by atoms with van der Waals surface area (Å²) in [5.74, 6) is 2.46. The van der Waals surface area contributed by atoms with E-state index in [-0.39, 0.29) is 0 Å². The Morgan fingerprint density at radius 3 is 3.10 bits per heavy atom. The minimum absolute atomic E-state index is 0.525. The fourth-order valence-electron chi connectivity index (χ4n) is 0.392. The first-order chi connectivity index (χ1) is 4.91. The summed E-state index contributed by atoms with van der Waals surface area (Å²) >= 11 is 0. The lowest BCUT2D eigenvalue weighted by Crippen LogP contribution is -1.85. The molecule has 0 saturated heterocycles. The van der Waals surface area contributed by atoms with E-state index in [2.05, 4.69) is 18.0 Å². The van der Waals surface area contributed by atoms with Crippen molar-refractivity contribution in [2.24, 2.45) is 5.16 Å². The molecule has 0 radical (unpaired) electrons. The zero-order valence-corrected chi connectivity index (χ0v) is 6.34. The van der Waals surface area contributed by atoms with Gasteiger partial charge >= 0.3 is 0 Å². The molecule has 0 aliphatic rings. The third kappa shape index (κ3) is 7.03. The maximum atomic E-state index is 4.99. The lowest BCUT2D eigenvalue weighted by atomic mass is 10.4. The zero-order valence-electron chi connectivity index (χ0n) is 6.34. The fourth-order valence-corrected chi connectivity index (χ4v) is 0.392. The van der Waals surface area contributed by atoms with Crippen molar-refractivity contribution >= 4 is 6.21 Å². The van der Waals surface area contributed by atoms with E-state index in [9.17, 15) is 0 Å². The quantitative estimate of drug-likeness (QED) is 0.246. The highest BCUT2D eigenvalue weighted by molar-refractivity contribution is 5.55. The second-order valence-electron chi connectivity index (χ2n) is 1.86. The molecule has 0 aromatic rings. The first kappa shape index (κ1) is 9.03. The predicted molar refractivity (Wildman–Crippen MR) is 42.8 cm³/mol. The van der Waals surface area contributed by atoms with E-state index in [4.69, 9.17) is 11.3 Å². The van der Waals surface area contributed by atoms with Crippen molar-refractivity contribution in [3.63, 3.8) is 0 Å². The fraction of sp³-hybridized carbons (Fsp3) is 0.625. The molecule has 0 fully saturated rings. The summed E-state index contributed by atoms with van der Waals surface area (Å²) in [7, 11) is 0. The van der Waals surface area contributed by atoms with Gasteiger partial charge in [0.15, 0.2) is 0 Å². The molecule has 0 aromatic heterocycles. The molecule has 2 nitrogen and oxygen atoms in total. The van der Waals surface area contributed by atoms with Gasteiger partial charge in [-0.2, -0.15) is 0 Å². The number of terminal acetylenes is 1. The van der Waals surface area contributed by atoms with Crippen LogP contribution in [0.3, 0.4) is 0 Å². The van der Waals surface area contributed by atoms with Gasteiger partial charge in [0.25, 0.3) is 0 Å². The summed E-state index contributed by atoms with van der Waals surface area (Å²) in [5.41, 5.74) is 0. The molecule has 0 amide bonds. The van der Waals surface area contributed by atoms with Crippen LogP contribution in [0.25, 0.3) is 0 Å². The standard InChI is InChI=1S/C8H13NO/c1-3-5-7-9-10-8-6-4-2/h2,7H,3,5-6,8H2,1H3. The average Bonchev–Trinajstić information content (AvgIpc) is 1.97. The Balaban J connectivity index is 2.96. The zero-order chi connectivity index (χ0) is 7.66. The SMILES string of the molecule is C#CCCON=CCCC. The molecule has 2 heteroatoms. The van der Waals surface area contributed by atoms with Crippen LogP contribution in [0.4, 0.5) is 0 Å². The maximum Gasteiger partial charge on any atom is 0.128 e. The highest BCUT2D eigenvalue weighted by Crippen LogP contribution is 1.83. The van der Waals surface area contributed by atoms with Gasteiger partial charge in [0, 0.05) is 12.6 Å². The summed E-state index contributed by atoms with van der Waals surface area (Å²) in [6, 6.07) is 0. The molecule has 0 spiro atoms. The molecule has 10 heavy (non-hydrogen) atoms. The van der Waals surface area contributed by atoms with Gasteiger partial charge in [-0.15, -0.1) is 12.3 Å². The third-order valence-electron chi connectivity index (χ3n) is 0.905.